The first-order chi connectivity index (χ1) is 4.37. The monoisotopic (exact) mass is 125 g/mol. The van der Waals surface area contributed by atoms with Crippen LogP contribution in [0.4, 0.5) is 0 Å². The van der Waals surface area contributed by atoms with Crippen molar-refractivity contribution in [2.75, 3.05) is 0 Å². The van der Waals surface area contributed by atoms with Crippen LogP contribution in [0.2, 0.25) is 0 Å². The van der Waals surface area contributed by atoms with Gasteiger partial charge in [0.1, 0.15) is 0 Å². The van der Waals surface area contributed by atoms with Crippen molar-refractivity contribution in [3.05, 3.63) is 4.91 Å². The highest BCUT2D eigenvalue weighted by molar-refractivity contribution is 5.04. The molecule has 0 saturated heterocycles. The summed E-state index contributed by atoms with van der Waals surface area (Å²) in [6, 6.07) is 0.200. The van der Waals surface area contributed by atoms with Gasteiger partial charge in [-0.1, -0.05) is 11.6 Å². The van der Waals surface area contributed by atoms with Crippen molar-refractivity contribution in [3.8, 4) is 0 Å². The maximum absolute atomic E-state index is 10.1. The average Bonchev–Trinajstić information content (AvgIpc) is 1.59. The first-order valence-corrected chi connectivity index (χ1v) is 3.70. The zero-order chi connectivity index (χ0) is 6.32. The standard InChI is InChI=1S/C7H11NO/c9-8-6-2-5-7(6)3-1-4-7/h6H,1-5H2. The minimum Gasteiger partial charge on any atom is -0.150 e. The highest BCUT2D eigenvalue weighted by Crippen LogP contribution is 2.57. The molecule has 0 aromatic heterocycles. The van der Waals surface area contributed by atoms with E-state index in [2.05, 4.69) is 5.18 Å². The number of nitroso groups, excluding NO2 is 1. The molecular weight excluding hydrogens is 114 g/mol. The predicted molar refractivity (Wildman–Crippen MR) is 35.1 cm³/mol. The van der Waals surface area contributed by atoms with Crippen molar-refractivity contribution < 1.29 is 0 Å². The fraction of sp³-hybridized carbons (Fsp3) is 1.00. The SMILES string of the molecule is O=NC1CCC12CCC2. The third-order valence-corrected chi connectivity index (χ3v) is 3.10. The van der Waals surface area contributed by atoms with Crippen molar-refractivity contribution in [1.82, 2.24) is 0 Å². The van der Waals surface area contributed by atoms with Crippen LogP contribution in [0, 0.1) is 10.3 Å². The van der Waals surface area contributed by atoms with Gasteiger partial charge in [0.2, 0.25) is 0 Å². The van der Waals surface area contributed by atoms with Crippen LogP contribution in [-0.4, -0.2) is 6.04 Å². The fourth-order valence-corrected chi connectivity index (χ4v) is 2.06. The minimum absolute atomic E-state index is 0.200. The molecule has 9 heavy (non-hydrogen) atoms. The van der Waals surface area contributed by atoms with E-state index in [1.807, 2.05) is 0 Å². The summed E-state index contributed by atoms with van der Waals surface area (Å²) in [7, 11) is 0. The normalized spacial score (nSPS) is 37.1. The molecule has 0 N–H and O–H groups in total. The lowest BCUT2D eigenvalue weighted by Crippen LogP contribution is -2.48. The molecule has 2 rings (SSSR count). The number of rotatable bonds is 1. The Kier molecular flexibility index (Phi) is 0.930. The largest absolute Gasteiger partial charge is 0.150 e. The Bertz CT molecular complexity index is 134. The molecule has 0 radical (unpaired) electrons. The third-order valence-electron chi connectivity index (χ3n) is 3.10. The molecule has 2 heteroatoms. The van der Waals surface area contributed by atoms with Crippen LogP contribution >= 0.6 is 0 Å². The van der Waals surface area contributed by atoms with Gasteiger partial charge in [-0.05, 0) is 31.1 Å². The molecule has 2 saturated carbocycles. The average molecular weight is 125 g/mol. The van der Waals surface area contributed by atoms with Crippen LogP contribution in [0.3, 0.4) is 0 Å². The Labute approximate surface area is 54.6 Å². The summed E-state index contributed by atoms with van der Waals surface area (Å²) < 4.78 is 0. The summed E-state index contributed by atoms with van der Waals surface area (Å²) in [4.78, 5) is 10.1. The Morgan fingerprint density at radius 3 is 2.22 bits per heavy atom. The van der Waals surface area contributed by atoms with Crippen LogP contribution in [-0.2, 0) is 0 Å². The molecule has 0 aromatic carbocycles. The first-order valence-electron chi connectivity index (χ1n) is 3.70. The van der Waals surface area contributed by atoms with Crippen LogP contribution < -0.4 is 0 Å². The van der Waals surface area contributed by atoms with E-state index < -0.39 is 0 Å². The van der Waals surface area contributed by atoms with E-state index in [4.69, 9.17) is 0 Å². The molecule has 0 bridgehead atoms. The van der Waals surface area contributed by atoms with Crippen molar-refractivity contribution in [3.63, 3.8) is 0 Å². The van der Waals surface area contributed by atoms with Gasteiger partial charge in [0.25, 0.3) is 0 Å². The molecule has 2 aliphatic carbocycles. The second kappa shape index (κ2) is 1.55. The summed E-state index contributed by atoms with van der Waals surface area (Å²) in [5, 5.41) is 3.12. The van der Waals surface area contributed by atoms with Crippen molar-refractivity contribution in [2.45, 2.75) is 38.1 Å². The molecule has 2 aliphatic rings. The van der Waals surface area contributed by atoms with Crippen LogP contribution in [0.15, 0.2) is 5.18 Å². The minimum atomic E-state index is 0.200. The molecule has 2 nitrogen and oxygen atoms in total. The third kappa shape index (κ3) is 0.511. The summed E-state index contributed by atoms with van der Waals surface area (Å²) in [5.74, 6) is 0. The van der Waals surface area contributed by atoms with E-state index in [1.165, 1.54) is 25.7 Å². The smallest absolute Gasteiger partial charge is 0.0975 e. The Hall–Kier alpha value is -0.400. The molecule has 1 atom stereocenters. The summed E-state index contributed by atoms with van der Waals surface area (Å²) in [5.41, 5.74) is 0.432. The summed E-state index contributed by atoms with van der Waals surface area (Å²) in [6.45, 7) is 0. The Balaban J connectivity index is 2.04. The second-order valence-electron chi connectivity index (χ2n) is 3.38. The van der Waals surface area contributed by atoms with Gasteiger partial charge < -0.3 is 0 Å². The van der Waals surface area contributed by atoms with E-state index in [0.717, 1.165) is 6.42 Å². The molecule has 0 heterocycles. The van der Waals surface area contributed by atoms with Crippen molar-refractivity contribution >= 4 is 0 Å². The number of hydrogen-bond acceptors (Lipinski definition) is 2. The fourth-order valence-electron chi connectivity index (χ4n) is 2.06. The predicted octanol–water partition coefficient (Wildman–Crippen LogP) is 2.09. The summed E-state index contributed by atoms with van der Waals surface area (Å²) >= 11 is 0. The Morgan fingerprint density at radius 2 is 2.11 bits per heavy atom. The molecule has 50 valence electrons. The van der Waals surface area contributed by atoms with Gasteiger partial charge in [-0.15, -0.1) is 0 Å². The number of nitrogens with zero attached hydrogens (tertiary/aromatic N) is 1. The van der Waals surface area contributed by atoms with Gasteiger partial charge in [-0.25, -0.2) is 0 Å². The highest BCUT2D eigenvalue weighted by Gasteiger charge is 2.51. The quantitative estimate of drug-likeness (QED) is 0.493. The van der Waals surface area contributed by atoms with Gasteiger partial charge in [0.15, 0.2) is 0 Å². The summed E-state index contributed by atoms with van der Waals surface area (Å²) in [6.07, 6.45) is 6.19. The Morgan fingerprint density at radius 1 is 1.33 bits per heavy atom. The van der Waals surface area contributed by atoms with Gasteiger partial charge >= 0.3 is 0 Å². The van der Waals surface area contributed by atoms with Crippen molar-refractivity contribution in [2.24, 2.45) is 10.6 Å². The van der Waals surface area contributed by atoms with E-state index in [9.17, 15) is 4.91 Å². The molecular formula is C7H11NO. The van der Waals surface area contributed by atoms with Gasteiger partial charge in [0, 0.05) is 0 Å². The zero-order valence-corrected chi connectivity index (χ0v) is 5.47. The van der Waals surface area contributed by atoms with Gasteiger partial charge in [0.05, 0.1) is 6.04 Å². The lowest BCUT2D eigenvalue weighted by molar-refractivity contribution is 0.00303. The van der Waals surface area contributed by atoms with Crippen LogP contribution in [0.5, 0.6) is 0 Å². The lowest BCUT2D eigenvalue weighted by atomic mass is 9.53. The van der Waals surface area contributed by atoms with Crippen LogP contribution in [0.25, 0.3) is 0 Å². The van der Waals surface area contributed by atoms with E-state index in [1.54, 1.807) is 0 Å². The highest BCUT2D eigenvalue weighted by atomic mass is 16.3. The van der Waals surface area contributed by atoms with E-state index >= 15 is 0 Å². The van der Waals surface area contributed by atoms with E-state index in [-0.39, 0.29) is 6.04 Å². The number of hydrogen-bond donors (Lipinski definition) is 0. The molecule has 1 spiro atoms. The maximum Gasteiger partial charge on any atom is 0.0975 e. The molecule has 0 aromatic rings. The molecule has 0 amide bonds. The van der Waals surface area contributed by atoms with Gasteiger partial charge in [-0.2, -0.15) is 4.91 Å². The molecule has 2 fully saturated rings. The van der Waals surface area contributed by atoms with Gasteiger partial charge in [-0.3, -0.25) is 0 Å². The second-order valence-corrected chi connectivity index (χ2v) is 3.38. The maximum atomic E-state index is 10.1. The molecule has 1 unspecified atom stereocenters. The van der Waals surface area contributed by atoms with E-state index in [0.29, 0.717) is 5.41 Å². The topological polar surface area (TPSA) is 29.4 Å². The first kappa shape index (κ1) is 5.39. The lowest BCUT2D eigenvalue weighted by Gasteiger charge is -2.52. The van der Waals surface area contributed by atoms with Crippen molar-refractivity contribution in [1.29, 1.82) is 0 Å². The zero-order valence-electron chi connectivity index (χ0n) is 5.47. The molecule has 0 aliphatic heterocycles. The van der Waals surface area contributed by atoms with Crippen LogP contribution in [0.1, 0.15) is 32.1 Å².